The maximum Gasteiger partial charge on any atom is 0.243 e. The highest BCUT2D eigenvalue weighted by Crippen LogP contribution is 2.32. The lowest BCUT2D eigenvalue weighted by Gasteiger charge is -2.10. The van der Waals surface area contributed by atoms with E-state index in [1.807, 2.05) is 0 Å². The van der Waals surface area contributed by atoms with Crippen molar-refractivity contribution in [3.8, 4) is 0 Å². The number of sulfonamides is 1. The molecule has 0 heterocycles. The molecule has 94 valence electrons. The number of benzene rings is 1. The molecule has 0 spiro atoms. The average molecular weight is 359 g/mol. The van der Waals surface area contributed by atoms with E-state index in [2.05, 4.69) is 27.2 Å². The molecule has 17 heavy (non-hydrogen) atoms. The standard InChI is InChI=1S/C10H10BrCl2NO2S/c1-6(2)5-14-17(15,16)10-8(12)3-7(11)4-9(10)13/h3-4,14H,1,5H2,2H3. The van der Waals surface area contributed by atoms with Crippen LogP contribution in [0.5, 0.6) is 0 Å². The summed E-state index contributed by atoms with van der Waals surface area (Å²) < 4.78 is 26.9. The van der Waals surface area contributed by atoms with Crippen molar-refractivity contribution < 1.29 is 8.42 Å². The fourth-order valence-corrected chi connectivity index (χ4v) is 4.11. The molecule has 0 fully saturated rings. The third-order valence-electron chi connectivity index (χ3n) is 1.80. The minimum absolute atomic E-state index is 0.0681. The molecule has 1 N–H and O–H groups in total. The first-order valence-electron chi connectivity index (χ1n) is 4.52. The molecule has 0 radical (unpaired) electrons. The quantitative estimate of drug-likeness (QED) is 0.835. The fourth-order valence-electron chi connectivity index (χ4n) is 1.08. The van der Waals surface area contributed by atoms with E-state index in [0.29, 0.717) is 10.0 Å². The molecule has 1 aromatic rings. The van der Waals surface area contributed by atoms with Crippen molar-refractivity contribution in [1.82, 2.24) is 4.72 Å². The van der Waals surface area contributed by atoms with Crippen LogP contribution in [0.25, 0.3) is 0 Å². The number of nitrogens with one attached hydrogen (secondary N) is 1. The zero-order valence-electron chi connectivity index (χ0n) is 8.93. The summed E-state index contributed by atoms with van der Waals surface area (Å²) in [4.78, 5) is -0.120. The zero-order chi connectivity index (χ0) is 13.2. The van der Waals surface area contributed by atoms with Crippen molar-refractivity contribution in [3.05, 3.63) is 38.8 Å². The van der Waals surface area contributed by atoms with Gasteiger partial charge in [-0.3, -0.25) is 0 Å². The van der Waals surface area contributed by atoms with Gasteiger partial charge in [0, 0.05) is 11.0 Å². The van der Waals surface area contributed by atoms with Crippen LogP contribution in [0.15, 0.2) is 33.7 Å². The number of halogens is 3. The van der Waals surface area contributed by atoms with E-state index in [9.17, 15) is 8.42 Å². The van der Waals surface area contributed by atoms with Crippen molar-refractivity contribution in [2.45, 2.75) is 11.8 Å². The Bertz CT molecular complexity index is 534. The predicted octanol–water partition coefficient (Wildman–Crippen LogP) is 3.61. The molecule has 0 amide bonds. The second-order valence-corrected chi connectivity index (χ2v) is 6.91. The summed E-state index contributed by atoms with van der Waals surface area (Å²) in [6, 6.07) is 2.95. The summed E-state index contributed by atoms with van der Waals surface area (Å²) in [6.07, 6.45) is 0. The van der Waals surface area contributed by atoms with Crippen LogP contribution in [0.3, 0.4) is 0 Å². The maximum absolute atomic E-state index is 12.0. The van der Waals surface area contributed by atoms with Gasteiger partial charge in [-0.2, -0.15) is 0 Å². The molecule has 7 heteroatoms. The Hall–Kier alpha value is -0.0700. The highest BCUT2D eigenvalue weighted by Gasteiger charge is 2.21. The van der Waals surface area contributed by atoms with Gasteiger partial charge in [0.2, 0.25) is 10.0 Å². The first-order chi connectivity index (χ1) is 7.74. The van der Waals surface area contributed by atoms with Crippen molar-refractivity contribution in [1.29, 1.82) is 0 Å². The Morgan fingerprint density at radius 1 is 1.41 bits per heavy atom. The topological polar surface area (TPSA) is 46.2 Å². The molecule has 0 aliphatic rings. The molecule has 0 aliphatic heterocycles. The van der Waals surface area contributed by atoms with Gasteiger partial charge in [-0.05, 0) is 19.1 Å². The van der Waals surface area contributed by atoms with Crippen molar-refractivity contribution in [2.75, 3.05) is 6.54 Å². The monoisotopic (exact) mass is 357 g/mol. The summed E-state index contributed by atoms with van der Waals surface area (Å²) in [7, 11) is -3.73. The normalized spacial score (nSPS) is 11.5. The second kappa shape index (κ2) is 5.71. The Balaban J connectivity index is 3.20. The molecular weight excluding hydrogens is 349 g/mol. The van der Waals surface area contributed by atoms with Crippen LogP contribution < -0.4 is 4.72 Å². The summed E-state index contributed by atoms with van der Waals surface area (Å²) in [5.41, 5.74) is 0.693. The van der Waals surface area contributed by atoms with E-state index in [0.717, 1.165) is 0 Å². The molecular formula is C10H10BrCl2NO2S. The van der Waals surface area contributed by atoms with E-state index < -0.39 is 10.0 Å². The first-order valence-corrected chi connectivity index (χ1v) is 7.56. The van der Waals surface area contributed by atoms with Gasteiger partial charge in [-0.15, -0.1) is 0 Å². The number of rotatable bonds is 4. The predicted molar refractivity (Wildman–Crippen MR) is 74.2 cm³/mol. The molecule has 0 aromatic heterocycles. The highest BCUT2D eigenvalue weighted by molar-refractivity contribution is 9.10. The minimum atomic E-state index is -3.73. The molecule has 1 rings (SSSR count). The largest absolute Gasteiger partial charge is 0.243 e. The van der Waals surface area contributed by atoms with Crippen LogP contribution in [0.2, 0.25) is 10.0 Å². The van der Waals surface area contributed by atoms with Crippen LogP contribution in [0.4, 0.5) is 0 Å². The maximum atomic E-state index is 12.0. The van der Waals surface area contributed by atoms with Gasteiger partial charge in [0.25, 0.3) is 0 Å². The Morgan fingerprint density at radius 3 is 2.29 bits per heavy atom. The van der Waals surface area contributed by atoms with Gasteiger partial charge in [0.15, 0.2) is 0 Å². The summed E-state index contributed by atoms with van der Waals surface area (Å²) >= 11 is 14.9. The smallest absolute Gasteiger partial charge is 0.207 e. The third-order valence-corrected chi connectivity index (χ3v) is 4.58. The Morgan fingerprint density at radius 2 is 1.88 bits per heavy atom. The molecule has 0 atom stereocenters. The molecule has 1 aromatic carbocycles. The van der Waals surface area contributed by atoms with Gasteiger partial charge in [0.1, 0.15) is 4.90 Å². The van der Waals surface area contributed by atoms with Crippen molar-refractivity contribution >= 4 is 49.2 Å². The zero-order valence-corrected chi connectivity index (χ0v) is 12.8. The average Bonchev–Trinajstić information content (AvgIpc) is 2.12. The van der Waals surface area contributed by atoms with E-state index in [1.54, 1.807) is 6.92 Å². The lowest BCUT2D eigenvalue weighted by atomic mass is 10.4. The fraction of sp³-hybridized carbons (Fsp3) is 0.200. The van der Waals surface area contributed by atoms with Gasteiger partial charge >= 0.3 is 0 Å². The lowest BCUT2D eigenvalue weighted by Crippen LogP contribution is -2.25. The SMILES string of the molecule is C=C(C)CNS(=O)(=O)c1c(Cl)cc(Br)cc1Cl. The first kappa shape index (κ1) is 15.0. The Kier molecular flexibility index (Phi) is 5.04. The highest BCUT2D eigenvalue weighted by atomic mass is 79.9. The van der Waals surface area contributed by atoms with E-state index in [-0.39, 0.29) is 21.5 Å². The van der Waals surface area contributed by atoms with E-state index >= 15 is 0 Å². The van der Waals surface area contributed by atoms with E-state index in [4.69, 9.17) is 23.2 Å². The van der Waals surface area contributed by atoms with Crippen LogP contribution in [0, 0.1) is 0 Å². The molecule has 3 nitrogen and oxygen atoms in total. The molecule has 0 aliphatic carbocycles. The van der Waals surface area contributed by atoms with Gasteiger partial charge in [0.05, 0.1) is 10.0 Å². The van der Waals surface area contributed by atoms with Gasteiger partial charge in [-0.25, -0.2) is 13.1 Å². The summed E-state index contributed by atoms with van der Waals surface area (Å²) in [5.74, 6) is 0. The van der Waals surface area contributed by atoms with Gasteiger partial charge < -0.3 is 0 Å². The van der Waals surface area contributed by atoms with Crippen LogP contribution >= 0.6 is 39.1 Å². The van der Waals surface area contributed by atoms with Crippen molar-refractivity contribution in [2.24, 2.45) is 0 Å². The minimum Gasteiger partial charge on any atom is -0.207 e. The summed E-state index contributed by atoms with van der Waals surface area (Å²) in [6.45, 7) is 5.47. The van der Waals surface area contributed by atoms with Crippen LogP contribution in [-0.2, 0) is 10.0 Å². The number of hydrogen-bond donors (Lipinski definition) is 1. The number of hydrogen-bond acceptors (Lipinski definition) is 2. The molecule has 0 unspecified atom stereocenters. The van der Waals surface area contributed by atoms with Gasteiger partial charge in [-0.1, -0.05) is 51.3 Å². The third kappa shape index (κ3) is 3.96. The molecule has 0 bridgehead atoms. The lowest BCUT2D eigenvalue weighted by molar-refractivity contribution is 0.585. The summed E-state index contributed by atoms with van der Waals surface area (Å²) in [5, 5.41) is 0.136. The van der Waals surface area contributed by atoms with Crippen molar-refractivity contribution in [3.63, 3.8) is 0 Å². The molecule has 0 saturated carbocycles. The molecule has 0 saturated heterocycles. The van der Waals surface area contributed by atoms with E-state index in [1.165, 1.54) is 12.1 Å². The Labute approximate surface area is 119 Å². The second-order valence-electron chi connectivity index (χ2n) is 3.48. The van der Waals surface area contributed by atoms with Crippen LogP contribution in [0.1, 0.15) is 6.92 Å². The van der Waals surface area contributed by atoms with Crippen LogP contribution in [-0.4, -0.2) is 15.0 Å².